The van der Waals surface area contributed by atoms with E-state index in [0.29, 0.717) is 25.6 Å². The van der Waals surface area contributed by atoms with Gasteiger partial charge in [-0.1, -0.05) is 24.3 Å². The summed E-state index contributed by atoms with van der Waals surface area (Å²) in [5.41, 5.74) is 2.18. The fourth-order valence-corrected chi connectivity index (χ4v) is 3.75. The molecule has 1 saturated heterocycles. The summed E-state index contributed by atoms with van der Waals surface area (Å²) in [7, 11) is 1.71. The number of halogens is 2. The summed E-state index contributed by atoms with van der Waals surface area (Å²) in [5, 5.41) is 6.69. The van der Waals surface area contributed by atoms with Crippen LogP contribution in [0.15, 0.2) is 66.2 Å². The van der Waals surface area contributed by atoms with Gasteiger partial charge < -0.3 is 20.1 Å². The standard InChI is InChI=1S/C22H24F2N6/c1-25-22(27-13-16-5-2-3-8-20(16)30-12-10-26-15-30)28-17-9-11-29(14-17)21-18(23)6-4-7-19(21)24/h2-8,10,12,15,17H,9,11,13-14H2,1H3,(H2,25,27,28). The number of aromatic nitrogens is 2. The number of nitrogens with one attached hydrogen (secondary N) is 2. The number of nitrogens with zero attached hydrogens (tertiary/aromatic N) is 4. The van der Waals surface area contributed by atoms with Gasteiger partial charge in [0.2, 0.25) is 0 Å². The van der Waals surface area contributed by atoms with Gasteiger partial charge in [-0.2, -0.15) is 0 Å². The van der Waals surface area contributed by atoms with Gasteiger partial charge in [-0.25, -0.2) is 13.8 Å². The topological polar surface area (TPSA) is 57.5 Å². The van der Waals surface area contributed by atoms with Crippen LogP contribution in [0.5, 0.6) is 0 Å². The van der Waals surface area contributed by atoms with Gasteiger partial charge in [-0.05, 0) is 30.2 Å². The summed E-state index contributed by atoms with van der Waals surface area (Å²) in [6.45, 7) is 1.66. The van der Waals surface area contributed by atoms with Gasteiger partial charge in [0.15, 0.2) is 5.96 Å². The van der Waals surface area contributed by atoms with E-state index in [9.17, 15) is 8.78 Å². The average Bonchev–Trinajstić information content (AvgIpc) is 3.44. The van der Waals surface area contributed by atoms with Crippen LogP contribution in [0.3, 0.4) is 0 Å². The van der Waals surface area contributed by atoms with Gasteiger partial charge in [-0.3, -0.25) is 4.99 Å². The fourth-order valence-electron chi connectivity index (χ4n) is 3.75. The highest BCUT2D eigenvalue weighted by atomic mass is 19.1. The zero-order chi connectivity index (χ0) is 20.9. The zero-order valence-corrected chi connectivity index (χ0v) is 16.7. The molecule has 4 rings (SSSR count). The van der Waals surface area contributed by atoms with Gasteiger partial charge in [0, 0.05) is 45.1 Å². The Labute approximate surface area is 174 Å². The maximum atomic E-state index is 14.1. The van der Waals surface area contributed by atoms with Gasteiger partial charge in [0.25, 0.3) is 0 Å². The second-order valence-electron chi connectivity index (χ2n) is 7.17. The second-order valence-corrected chi connectivity index (χ2v) is 7.17. The van der Waals surface area contributed by atoms with E-state index in [-0.39, 0.29) is 11.7 Å². The normalized spacial score (nSPS) is 16.7. The molecule has 6 nitrogen and oxygen atoms in total. The van der Waals surface area contributed by atoms with E-state index < -0.39 is 11.6 Å². The maximum absolute atomic E-state index is 14.1. The largest absolute Gasteiger partial charge is 0.365 e. The molecule has 0 aliphatic carbocycles. The predicted octanol–water partition coefficient (Wildman–Crippen LogP) is 3.09. The molecule has 8 heteroatoms. The molecule has 2 N–H and O–H groups in total. The minimum absolute atomic E-state index is 0.0407. The molecule has 156 valence electrons. The quantitative estimate of drug-likeness (QED) is 0.501. The van der Waals surface area contributed by atoms with Crippen LogP contribution in [-0.2, 0) is 6.54 Å². The molecule has 1 atom stereocenters. The monoisotopic (exact) mass is 410 g/mol. The van der Waals surface area contributed by atoms with E-state index in [4.69, 9.17) is 0 Å². The molecular weight excluding hydrogens is 386 g/mol. The molecule has 0 spiro atoms. The molecule has 1 aliphatic heterocycles. The zero-order valence-electron chi connectivity index (χ0n) is 16.7. The number of hydrogen-bond donors (Lipinski definition) is 2. The first-order valence-corrected chi connectivity index (χ1v) is 9.88. The van der Waals surface area contributed by atoms with Crippen molar-refractivity contribution in [1.82, 2.24) is 20.2 Å². The fraction of sp³-hybridized carbons (Fsp3) is 0.273. The first-order chi connectivity index (χ1) is 14.7. The lowest BCUT2D eigenvalue weighted by Gasteiger charge is -2.21. The highest BCUT2D eigenvalue weighted by molar-refractivity contribution is 5.80. The van der Waals surface area contributed by atoms with Crippen LogP contribution in [0.1, 0.15) is 12.0 Å². The number of para-hydroxylation sites is 2. The van der Waals surface area contributed by atoms with E-state index >= 15 is 0 Å². The molecular formula is C22H24F2N6. The maximum Gasteiger partial charge on any atom is 0.191 e. The van der Waals surface area contributed by atoms with E-state index in [1.807, 2.05) is 35.0 Å². The van der Waals surface area contributed by atoms with Crippen LogP contribution in [-0.4, -0.2) is 41.7 Å². The first-order valence-electron chi connectivity index (χ1n) is 9.88. The van der Waals surface area contributed by atoms with Crippen molar-refractivity contribution in [2.45, 2.75) is 19.0 Å². The molecule has 2 aromatic carbocycles. The van der Waals surface area contributed by atoms with E-state index in [1.54, 1.807) is 24.5 Å². The number of anilines is 1. The second kappa shape index (κ2) is 8.94. The molecule has 0 saturated carbocycles. The van der Waals surface area contributed by atoms with Crippen molar-refractivity contribution in [3.8, 4) is 5.69 Å². The lowest BCUT2D eigenvalue weighted by Crippen LogP contribution is -2.44. The summed E-state index contributed by atoms with van der Waals surface area (Å²) in [5.74, 6) is -0.417. The van der Waals surface area contributed by atoms with Crippen LogP contribution < -0.4 is 15.5 Å². The van der Waals surface area contributed by atoms with Crippen molar-refractivity contribution in [2.24, 2.45) is 4.99 Å². The third-order valence-electron chi connectivity index (χ3n) is 5.23. The van der Waals surface area contributed by atoms with Gasteiger partial charge >= 0.3 is 0 Å². The van der Waals surface area contributed by atoms with Gasteiger partial charge in [0.05, 0.1) is 12.0 Å². The van der Waals surface area contributed by atoms with E-state index in [0.717, 1.165) is 17.7 Å². The summed E-state index contributed by atoms with van der Waals surface area (Å²) in [6, 6.07) is 12.1. The lowest BCUT2D eigenvalue weighted by atomic mass is 10.1. The minimum Gasteiger partial charge on any atom is -0.365 e. The van der Waals surface area contributed by atoms with Crippen molar-refractivity contribution >= 4 is 11.6 Å². The Bertz CT molecular complexity index is 998. The molecule has 1 aliphatic rings. The van der Waals surface area contributed by atoms with Gasteiger partial charge in [-0.15, -0.1) is 0 Å². The molecule has 1 unspecified atom stereocenters. The van der Waals surface area contributed by atoms with E-state index in [1.165, 1.54) is 18.2 Å². The number of rotatable bonds is 5. The minimum atomic E-state index is -0.533. The molecule has 1 fully saturated rings. The summed E-state index contributed by atoms with van der Waals surface area (Å²) >= 11 is 0. The van der Waals surface area contributed by atoms with Crippen molar-refractivity contribution in [2.75, 3.05) is 25.0 Å². The number of aliphatic imine (C=N–C) groups is 1. The predicted molar refractivity (Wildman–Crippen MR) is 114 cm³/mol. The van der Waals surface area contributed by atoms with Crippen LogP contribution >= 0.6 is 0 Å². The number of benzene rings is 2. The summed E-state index contributed by atoms with van der Waals surface area (Å²) in [6.07, 6.45) is 6.18. The molecule has 30 heavy (non-hydrogen) atoms. The Balaban J connectivity index is 1.38. The smallest absolute Gasteiger partial charge is 0.191 e. The summed E-state index contributed by atoms with van der Waals surface area (Å²) in [4.78, 5) is 10.2. The Kier molecular flexibility index (Phi) is 5.92. The average molecular weight is 410 g/mol. The van der Waals surface area contributed by atoms with Crippen molar-refractivity contribution in [3.05, 3.63) is 78.4 Å². The Morgan fingerprint density at radius 1 is 1.17 bits per heavy atom. The Morgan fingerprint density at radius 2 is 1.97 bits per heavy atom. The molecule has 0 bridgehead atoms. The Morgan fingerprint density at radius 3 is 2.70 bits per heavy atom. The highest BCUT2D eigenvalue weighted by Gasteiger charge is 2.27. The molecule has 2 heterocycles. The SMILES string of the molecule is CN=C(NCc1ccccc1-n1ccnc1)NC1CCN(c2c(F)cccc2F)C1. The lowest BCUT2D eigenvalue weighted by molar-refractivity contribution is 0.576. The molecule has 0 radical (unpaired) electrons. The summed E-state index contributed by atoms with van der Waals surface area (Å²) < 4.78 is 30.1. The van der Waals surface area contributed by atoms with Crippen LogP contribution in [0, 0.1) is 11.6 Å². The third-order valence-corrected chi connectivity index (χ3v) is 5.23. The van der Waals surface area contributed by atoms with Crippen LogP contribution in [0.25, 0.3) is 5.69 Å². The highest BCUT2D eigenvalue weighted by Crippen LogP contribution is 2.26. The molecule has 3 aromatic rings. The van der Waals surface area contributed by atoms with Crippen molar-refractivity contribution in [3.63, 3.8) is 0 Å². The first kappa shape index (κ1) is 19.9. The van der Waals surface area contributed by atoms with Crippen molar-refractivity contribution in [1.29, 1.82) is 0 Å². The van der Waals surface area contributed by atoms with Crippen LogP contribution in [0.4, 0.5) is 14.5 Å². The number of guanidine groups is 1. The number of imidazole rings is 1. The Hall–Kier alpha value is -3.42. The number of hydrogen-bond acceptors (Lipinski definition) is 3. The van der Waals surface area contributed by atoms with Crippen molar-refractivity contribution < 1.29 is 8.78 Å². The third kappa shape index (κ3) is 4.27. The van der Waals surface area contributed by atoms with Gasteiger partial charge in [0.1, 0.15) is 17.3 Å². The molecule has 1 aromatic heterocycles. The van der Waals surface area contributed by atoms with E-state index in [2.05, 4.69) is 20.6 Å². The van der Waals surface area contributed by atoms with Crippen LogP contribution in [0.2, 0.25) is 0 Å². The molecule has 0 amide bonds.